The normalized spacial score (nSPS) is 21.6. The van der Waals surface area contributed by atoms with Crippen LogP contribution in [0, 0.1) is 5.41 Å². The Labute approximate surface area is 157 Å². The van der Waals surface area contributed by atoms with Crippen molar-refractivity contribution in [3.63, 3.8) is 0 Å². The molecule has 0 aromatic carbocycles. The molecule has 6 nitrogen and oxygen atoms in total. The number of carbonyl (C=O) groups is 1. The molecule has 0 spiro atoms. The summed E-state index contributed by atoms with van der Waals surface area (Å²) in [5, 5.41) is 3.02. The third kappa shape index (κ3) is 6.27. The average molecular weight is 389 g/mol. The summed E-state index contributed by atoms with van der Waals surface area (Å²) in [6.45, 7) is 6.22. The summed E-state index contributed by atoms with van der Waals surface area (Å²) in [5.41, 5.74) is -0.945. The van der Waals surface area contributed by atoms with Gasteiger partial charge >= 0.3 is 6.36 Å². The Morgan fingerprint density at radius 1 is 1.41 bits per heavy atom. The van der Waals surface area contributed by atoms with Crippen LogP contribution in [0.15, 0.2) is 18.3 Å². The maximum absolute atomic E-state index is 12.6. The molecule has 2 unspecified atom stereocenters. The van der Waals surface area contributed by atoms with Gasteiger partial charge in [0.25, 0.3) is 5.88 Å². The van der Waals surface area contributed by atoms with Crippen LogP contribution in [-0.2, 0) is 4.79 Å². The number of alkyl halides is 3. The van der Waals surface area contributed by atoms with E-state index in [-0.39, 0.29) is 24.4 Å². The van der Waals surface area contributed by atoms with E-state index in [0.717, 1.165) is 25.5 Å². The van der Waals surface area contributed by atoms with E-state index in [9.17, 15) is 18.0 Å². The molecule has 0 saturated carbocycles. The summed E-state index contributed by atoms with van der Waals surface area (Å²) in [6.07, 6.45) is -1.85. The van der Waals surface area contributed by atoms with Crippen LogP contribution in [0.5, 0.6) is 11.6 Å². The summed E-state index contributed by atoms with van der Waals surface area (Å²) in [4.78, 5) is 18.6. The van der Waals surface area contributed by atoms with Gasteiger partial charge in [0.15, 0.2) is 5.75 Å². The Balaban J connectivity index is 1.95. The smallest absolute Gasteiger partial charge is 0.474 e. The van der Waals surface area contributed by atoms with E-state index in [2.05, 4.69) is 26.9 Å². The van der Waals surface area contributed by atoms with E-state index in [0.29, 0.717) is 6.04 Å². The number of hydrogen-bond acceptors (Lipinski definition) is 5. The van der Waals surface area contributed by atoms with Gasteiger partial charge in [0.1, 0.15) is 6.61 Å². The van der Waals surface area contributed by atoms with Crippen LogP contribution in [0.25, 0.3) is 0 Å². The van der Waals surface area contributed by atoms with Crippen LogP contribution in [0.2, 0.25) is 0 Å². The first kappa shape index (κ1) is 21.3. The number of rotatable bonds is 6. The number of aromatic nitrogens is 1. The highest BCUT2D eigenvalue weighted by molar-refractivity contribution is 5.82. The molecule has 1 amide bonds. The molecule has 0 aliphatic carbocycles. The largest absolute Gasteiger partial charge is 0.573 e. The number of amides is 1. The molecule has 2 atom stereocenters. The lowest BCUT2D eigenvalue weighted by molar-refractivity contribution is -0.275. The van der Waals surface area contributed by atoms with Gasteiger partial charge in [-0.3, -0.25) is 4.79 Å². The van der Waals surface area contributed by atoms with Crippen molar-refractivity contribution < 1.29 is 27.4 Å². The fraction of sp³-hybridized carbons (Fsp3) is 0.667. The Morgan fingerprint density at radius 3 is 2.74 bits per heavy atom. The molecular formula is C18H26F3N3O3. The fourth-order valence-corrected chi connectivity index (χ4v) is 2.80. The Kier molecular flexibility index (Phi) is 6.56. The zero-order valence-corrected chi connectivity index (χ0v) is 16.0. The highest BCUT2D eigenvalue weighted by Gasteiger charge is 2.35. The highest BCUT2D eigenvalue weighted by atomic mass is 19.4. The van der Waals surface area contributed by atoms with Crippen molar-refractivity contribution in [3.8, 4) is 11.6 Å². The number of piperidine rings is 1. The first-order valence-corrected chi connectivity index (χ1v) is 8.83. The van der Waals surface area contributed by atoms with Crippen molar-refractivity contribution in [1.29, 1.82) is 0 Å². The van der Waals surface area contributed by atoms with E-state index < -0.39 is 17.5 Å². The lowest BCUT2D eigenvalue weighted by Gasteiger charge is -2.36. The predicted octanol–water partition coefficient (Wildman–Crippen LogP) is 2.98. The number of hydrogen-bond donors (Lipinski definition) is 1. The molecule has 152 valence electrons. The van der Waals surface area contributed by atoms with E-state index in [1.54, 1.807) is 13.8 Å². The number of ether oxygens (including phenoxy) is 2. The first-order chi connectivity index (χ1) is 12.5. The van der Waals surface area contributed by atoms with E-state index in [1.807, 2.05) is 7.05 Å². The summed E-state index contributed by atoms with van der Waals surface area (Å²) in [5.74, 6) is -1.05. The second kappa shape index (κ2) is 8.33. The standard InChI is InChI=1S/C18H26F3N3O3/c1-12-10-13(7-9-24(12)4)23-16(25)17(2,3)11-26-15-14(6-5-8-22-15)27-18(19,20)21/h5-6,8,12-13H,7,9-11H2,1-4H3,(H,23,25). The minimum Gasteiger partial charge on any atom is -0.474 e. The quantitative estimate of drug-likeness (QED) is 0.811. The lowest BCUT2D eigenvalue weighted by atomic mass is 9.91. The average Bonchev–Trinajstić information content (AvgIpc) is 2.56. The summed E-state index contributed by atoms with van der Waals surface area (Å²) in [6, 6.07) is 2.87. The summed E-state index contributed by atoms with van der Waals surface area (Å²) >= 11 is 0. The van der Waals surface area contributed by atoms with Crippen LogP contribution in [0.4, 0.5) is 13.2 Å². The number of nitrogens with zero attached hydrogens (tertiary/aromatic N) is 2. The number of likely N-dealkylation sites (tertiary alicyclic amines) is 1. The van der Waals surface area contributed by atoms with Gasteiger partial charge in [0.05, 0.1) is 5.41 Å². The van der Waals surface area contributed by atoms with E-state index in [4.69, 9.17) is 4.74 Å². The van der Waals surface area contributed by atoms with Crippen molar-refractivity contribution >= 4 is 5.91 Å². The van der Waals surface area contributed by atoms with Crippen LogP contribution < -0.4 is 14.8 Å². The lowest BCUT2D eigenvalue weighted by Crippen LogP contribution is -2.51. The minimum absolute atomic E-state index is 0.0712. The Bertz CT molecular complexity index is 652. The molecule has 1 aromatic rings. The van der Waals surface area contributed by atoms with Gasteiger partial charge < -0.3 is 19.7 Å². The van der Waals surface area contributed by atoms with Crippen LogP contribution in [0.1, 0.15) is 33.6 Å². The van der Waals surface area contributed by atoms with E-state index in [1.165, 1.54) is 12.3 Å². The van der Waals surface area contributed by atoms with Crippen molar-refractivity contribution in [2.24, 2.45) is 5.41 Å². The molecule has 1 fully saturated rings. The predicted molar refractivity (Wildman–Crippen MR) is 93.5 cm³/mol. The van der Waals surface area contributed by atoms with Gasteiger partial charge in [-0.1, -0.05) is 0 Å². The third-order valence-corrected chi connectivity index (χ3v) is 4.69. The Morgan fingerprint density at radius 2 is 2.11 bits per heavy atom. The van der Waals surface area contributed by atoms with Crippen LogP contribution in [0.3, 0.4) is 0 Å². The second-order valence-electron chi connectivity index (χ2n) is 7.55. The van der Waals surface area contributed by atoms with Gasteiger partial charge in [-0.15, -0.1) is 13.2 Å². The van der Waals surface area contributed by atoms with Crippen LogP contribution >= 0.6 is 0 Å². The summed E-state index contributed by atoms with van der Waals surface area (Å²) < 4.78 is 46.7. The topological polar surface area (TPSA) is 63.7 Å². The van der Waals surface area contributed by atoms with Crippen molar-refractivity contribution in [1.82, 2.24) is 15.2 Å². The summed E-state index contributed by atoms with van der Waals surface area (Å²) in [7, 11) is 2.05. The van der Waals surface area contributed by atoms with Gasteiger partial charge in [0, 0.05) is 24.8 Å². The zero-order valence-electron chi connectivity index (χ0n) is 16.0. The van der Waals surface area contributed by atoms with Gasteiger partial charge in [-0.2, -0.15) is 0 Å². The SMILES string of the molecule is CC1CC(NC(=O)C(C)(C)COc2ncccc2OC(F)(F)F)CCN1C. The molecule has 9 heteroatoms. The zero-order chi connectivity index (χ0) is 20.2. The maximum Gasteiger partial charge on any atom is 0.573 e. The van der Waals surface area contributed by atoms with Gasteiger partial charge in [0.2, 0.25) is 5.91 Å². The molecule has 1 aliphatic rings. The third-order valence-electron chi connectivity index (χ3n) is 4.69. The number of nitrogens with one attached hydrogen (secondary N) is 1. The minimum atomic E-state index is -4.85. The Hall–Kier alpha value is -2.03. The molecular weight excluding hydrogens is 363 g/mol. The molecule has 2 heterocycles. The van der Waals surface area contributed by atoms with Crippen molar-refractivity contribution in [2.45, 2.75) is 52.1 Å². The number of halogens is 3. The van der Waals surface area contributed by atoms with Crippen molar-refractivity contribution in [2.75, 3.05) is 20.2 Å². The maximum atomic E-state index is 12.6. The van der Waals surface area contributed by atoms with Gasteiger partial charge in [-0.25, -0.2) is 4.98 Å². The molecule has 1 saturated heterocycles. The highest BCUT2D eigenvalue weighted by Crippen LogP contribution is 2.31. The molecule has 2 rings (SSSR count). The van der Waals surface area contributed by atoms with Crippen molar-refractivity contribution in [3.05, 3.63) is 18.3 Å². The molecule has 1 aliphatic heterocycles. The second-order valence-corrected chi connectivity index (χ2v) is 7.55. The monoisotopic (exact) mass is 389 g/mol. The number of pyridine rings is 1. The first-order valence-electron chi connectivity index (χ1n) is 8.83. The van der Waals surface area contributed by atoms with Gasteiger partial charge in [-0.05, 0) is 52.8 Å². The molecule has 1 N–H and O–H groups in total. The molecule has 0 radical (unpaired) electrons. The number of carbonyl (C=O) groups excluding carboxylic acids is 1. The van der Waals surface area contributed by atoms with Crippen LogP contribution in [-0.4, -0.2) is 54.4 Å². The van der Waals surface area contributed by atoms with E-state index >= 15 is 0 Å². The molecule has 27 heavy (non-hydrogen) atoms. The molecule has 0 bridgehead atoms. The molecule has 1 aromatic heterocycles. The fourth-order valence-electron chi connectivity index (χ4n) is 2.80.